The topological polar surface area (TPSA) is 50.1 Å². The number of fused-ring (bicyclic) bond motifs is 1. The molecule has 1 aliphatic rings. The van der Waals surface area contributed by atoms with Crippen LogP contribution in [0.2, 0.25) is 0 Å². The summed E-state index contributed by atoms with van der Waals surface area (Å²) in [5.74, 6) is -0.353. The molecule has 0 aromatic heterocycles. The third-order valence-electron chi connectivity index (χ3n) is 2.96. The van der Waals surface area contributed by atoms with E-state index in [9.17, 15) is 4.79 Å². The van der Waals surface area contributed by atoms with Gasteiger partial charge >= 0.3 is 5.97 Å². The molecule has 0 fully saturated rings. The molecule has 1 aromatic rings. The van der Waals surface area contributed by atoms with E-state index < -0.39 is 11.9 Å². The maximum Gasteiger partial charge on any atom is 0.329 e. The average Bonchev–Trinajstić information content (AvgIpc) is 2.26. The molecule has 0 saturated heterocycles. The fourth-order valence-corrected chi connectivity index (χ4v) is 2.22. The van der Waals surface area contributed by atoms with Gasteiger partial charge in [-0.15, -0.1) is 0 Å². The van der Waals surface area contributed by atoms with Gasteiger partial charge in [0.15, 0.2) is 5.92 Å². The molecular weight excluding hydrogens is 202 g/mol. The Morgan fingerprint density at radius 2 is 2.06 bits per heavy atom. The number of esters is 1. The number of nitrogens with zero attached hydrogens (tertiary/aromatic N) is 1. The second-order valence-electron chi connectivity index (χ2n) is 4.34. The summed E-state index contributed by atoms with van der Waals surface area (Å²) in [7, 11) is 0. The molecule has 0 unspecified atom stereocenters. The van der Waals surface area contributed by atoms with Crippen LogP contribution in [0.5, 0.6) is 5.75 Å². The van der Waals surface area contributed by atoms with E-state index in [0.29, 0.717) is 5.75 Å². The highest BCUT2D eigenvalue weighted by Gasteiger charge is 2.39. The first-order valence-corrected chi connectivity index (χ1v) is 5.35. The molecule has 16 heavy (non-hydrogen) atoms. The lowest BCUT2D eigenvalue weighted by Crippen LogP contribution is -2.33. The van der Waals surface area contributed by atoms with Crippen LogP contribution in [-0.4, -0.2) is 5.97 Å². The molecule has 0 radical (unpaired) electrons. The van der Waals surface area contributed by atoms with E-state index in [1.54, 1.807) is 6.07 Å². The maximum atomic E-state index is 11.7. The molecule has 82 valence electrons. The van der Waals surface area contributed by atoms with Gasteiger partial charge in [0, 0.05) is 11.5 Å². The van der Waals surface area contributed by atoms with Crippen LogP contribution in [0, 0.1) is 23.2 Å². The van der Waals surface area contributed by atoms with E-state index in [1.807, 2.05) is 32.0 Å². The third kappa shape index (κ3) is 1.57. The van der Waals surface area contributed by atoms with Crippen molar-refractivity contribution in [3.8, 4) is 11.8 Å². The summed E-state index contributed by atoms with van der Waals surface area (Å²) < 4.78 is 5.15. The normalized spacial score (nSPS) is 23.5. The number of para-hydroxylation sites is 1. The first kappa shape index (κ1) is 10.7. The molecule has 1 aliphatic heterocycles. The number of rotatable bonds is 1. The minimum Gasteiger partial charge on any atom is -0.425 e. The molecule has 2 rings (SSSR count). The number of nitriles is 1. The van der Waals surface area contributed by atoms with Crippen LogP contribution in [-0.2, 0) is 4.79 Å². The van der Waals surface area contributed by atoms with Gasteiger partial charge in [0.25, 0.3) is 0 Å². The lowest BCUT2D eigenvalue weighted by Gasteiger charge is -2.30. The van der Waals surface area contributed by atoms with Gasteiger partial charge in [-0.3, -0.25) is 4.79 Å². The molecule has 0 spiro atoms. The minimum absolute atomic E-state index is 0.0672. The smallest absolute Gasteiger partial charge is 0.329 e. The molecule has 0 saturated carbocycles. The fourth-order valence-electron chi connectivity index (χ4n) is 2.22. The van der Waals surface area contributed by atoms with E-state index in [2.05, 4.69) is 6.07 Å². The Morgan fingerprint density at radius 3 is 2.69 bits per heavy atom. The predicted octanol–water partition coefficient (Wildman–Crippen LogP) is 2.48. The zero-order valence-corrected chi connectivity index (χ0v) is 9.31. The number of ether oxygens (including phenoxy) is 1. The standard InChI is InChI=1S/C13H13NO2/c1-8(2)12-9-5-3-4-6-11(9)16-13(15)10(12)7-14/h3-6,8,10,12H,1-2H3/t10-,12-/m0/s1. The zero-order valence-electron chi connectivity index (χ0n) is 9.31. The Labute approximate surface area is 94.6 Å². The zero-order chi connectivity index (χ0) is 11.7. The fraction of sp³-hybridized carbons (Fsp3) is 0.385. The number of benzene rings is 1. The van der Waals surface area contributed by atoms with Crippen LogP contribution in [0.4, 0.5) is 0 Å². The number of hydrogen-bond acceptors (Lipinski definition) is 3. The summed E-state index contributed by atoms with van der Waals surface area (Å²) >= 11 is 0. The molecule has 1 heterocycles. The minimum atomic E-state index is -0.685. The molecular formula is C13H13NO2. The van der Waals surface area contributed by atoms with Crippen molar-refractivity contribution in [1.82, 2.24) is 0 Å². The van der Waals surface area contributed by atoms with Crippen molar-refractivity contribution in [2.45, 2.75) is 19.8 Å². The quantitative estimate of drug-likeness (QED) is 0.534. The highest BCUT2D eigenvalue weighted by Crippen LogP contribution is 2.41. The van der Waals surface area contributed by atoms with Crippen molar-refractivity contribution in [2.24, 2.45) is 11.8 Å². The number of carbonyl (C=O) groups excluding carboxylic acids is 1. The summed E-state index contributed by atoms with van der Waals surface area (Å²) in [5.41, 5.74) is 0.962. The molecule has 0 amide bonds. The van der Waals surface area contributed by atoms with Gasteiger partial charge < -0.3 is 4.74 Å². The summed E-state index contributed by atoms with van der Waals surface area (Å²) in [6.07, 6.45) is 0. The van der Waals surface area contributed by atoms with Gasteiger partial charge in [-0.05, 0) is 12.0 Å². The van der Waals surface area contributed by atoms with Crippen molar-refractivity contribution in [2.75, 3.05) is 0 Å². The predicted molar refractivity (Wildman–Crippen MR) is 58.8 cm³/mol. The summed E-state index contributed by atoms with van der Waals surface area (Å²) in [4.78, 5) is 11.7. The average molecular weight is 215 g/mol. The van der Waals surface area contributed by atoms with Crippen LogP contribution in [0.25, 0.3) is 0 Å². The second-order valence-corrected chi connectivity index (χ2v) is 4.34. The number of hydrogen-bond donors (Lipinski definition) is 0. The van der Waals surface area contributed by atoms with Crippen LogP contribution >= 0.6 is 0 Å². The lowest BCUT2D eigenvalue weighted by atomic mass is 9.77. The van der Waals surface area contributed by atoms with Gasteiger partial charge in [0.1, 0.15) is 5.75 Å². The molecule has 3 nitrogen and oxygen atoms in total. The van der Waals surface area contributed by atoms with E-state index in [0.717, 1.165) is 5.56 Å². The number of carbonyl (C=O) groups is 1. The SMILES string of the molecule is CC(C)[C@H]1c2ccccc2OC(=O)[C@H]1C#N. The summed E-state index contributed by atoms with van der Waals surface area (Å²) in [6.45, 7) is 4.04. The van der Waals surface area contributed by atoms with E-state index in [1.165, 1.54) is 0 Å². The highest BCUT2D eigenvalue weighted by molar-refractivity contribution is 5.81. The first-order valence-electron chi connectivity index (χ1n) is 5.35. The Bertz CT molecular complexity index is 459. The van der Waals surface area contributed by atoms with Crippen molar-refractivity contribution >= 4 is 5.97 Å². The van der Waals surface area contributed by atoms with E-state index in [-0.39, 0.29) is 11.8 Å². The summed E-state index contributed by atoms with van der Waals surface area (Å²) in [5, 5.41) is 9.06. The van der Waals surface area contributed by atoms with Gasteiger partial charge in [0.2, 0.25) is 0 Å². The Balaban J connectivity index is 2.54. The van der Waals surface area contributed by atoms with Crippen molar-refractivity contribution in [3.63, 3.8) is 0 Å². The van der Waals surface area contributed by atoms with Gasteiger partial charge in [-0.1, -0.05) is 32.0 Å². The molecule has 2 atom stereocenters. The van der Waals surface area contributed by atoms with Crippen molar-refractivity contribution in [1.29, 1.82) is 5.26 Å². The lowest BCUT2D eigenvalue weighted by molar-refractivity contribution is -0.139. The largest absolute Gasteiger partial charge is 0.425 e. The van der Waals surface area contributed by atoms with Crippen LogP contribution in [0.1, 0.15) is 25.3 Å². The molecule has 1 aromatic carbocycles. The first-order chi connectivity index (χ1) is 7.65. The summed E-state index contributed by atoms with van der Waals surface area (Å²) in [6, 6.07) is 9.49. The van der Waals surface area contributed by atoms with Crippen LogP contribution in [0.3, 0.4) is 0 Å². The van der Waals surface area contributed by atoms with Crippen molar-refractivity contribution in [3.05, 3.63) is 29.8 Å². The van der Waals surface area contributed by atoms with Crippen LogP contribution < -0.4 is 4.74 Å². The Kier molecular flexibility index (Phi) is 2.66. The highest BCUT2D eigenvalue weighted by atomic mass is 16.5. The third-order valence-corrected chi connectivity index (χ3v) is 2.96. The van der Waals surface area contributed by atoms with Crippen LogP contribution in [0.15, 0.2) is 24.3 Å². The molecule has 3 heteroatoms. The van der Waals surface area contributed by atoms with E-state index in [4.69, 9.17) is 10.00 Å². The second kappa shape index (κ2) is 3.97. The monoisotopic (exact) mass is 215 g/mol. The molecule has 0 aliphatic carbocycles. The molecule has 0 N–H and O–H groups in total. The van der Waals surface area contributed by atoms with Gasteiger partial charge in [0.05, 0.1) is 6.07 Å². The Morgan fingerprint density at radius 1 is 1.38 bits per heavy atom. The maximum absolute atomic E-state index is 11.7. The molecule has 0 bridgehead atoms. The van der Waals surface area contributed by atoms with Crippen molar-refractivity contribution < 1.29 is 9.53 Å². The van der Waals surface area contributed by atoms with Gasteiger partial charge in [-0.25, -0.2) is 0 Å². The van der Waals surface area contributed by atoms with E-state index >= 15 is 0 Å². The van der Waals surface area contributed by atoms with Gasteiger partial charge in [-0.2, -0.15) is 5.26 Å². The Hall–Kier alpha value is -1.82.